The lowest BCUT2D eigenvalue weighted by Gasteiger charge is -2.27. The lowest BCUT2D eigenvalue weighted by atomic mass is 9.96. The van der Waals surface area contributed by atoms with Crippen molar-refractivity contribution in [3.8, 4) is 0 Å². The maximum atomic E-state index is 12.6. The molecule has 2 heterocycles. The number of morpholine rings is 1. The van der Waals surface area contributed by atoms with Gasteiger partial charge in [0.25, 0.3) is 0 Å². The van der Waals surface area contributed by atoms with Gasteiger partial charge >= 0.3 is 0 Å². The third-order valence-electron chi connectivity index (χ3n) is 4.97. The van der Waals surface area contributed by atoms with E-state index in [1.165, 1.54) is 11.1 Å². The maximum Gasteiger partial charge on any atom is 0.222 e. The molecule has 1 N–H and O–H groups in total. The van der Waals surface area contributed by atoms with E-state index in [2.05, 4.69) is 47.2 Å². The van der Waals surface area contributed by atoms with Crippen LogP contribution in [0.25, 0.3) is 0 Å². The van der Waals surface area contributed by atoms with Gasteiger partial charge in [0.2, 0.25) is 5.91 Å². The second-order valence-corrected chi connectivity index (χ2v) is 6.83. The van der Waals surface area contributed by atoms with Gasteiger partial charge in [0.05, 0.1) is 19.3 Å². The van der Waals surface area contributed by atoms with E-state index < -0.39 is 0 Å². The molecule has 1 saturated heterocycles. The molecule has 1 aliphatic rings. The number of nitrogens with one attached hydrogen (secondary N) is 1. The lowest BCUT2D eigenvalue weighted by Crippen LogP contribution is -2.39. The quantitative estimate of drug-likeness (QED) is 0.867. The number of carbonyl (C=O) groups excluding carboxylic acids is 1. The molecule has 1 amide bonds. The van der Waals surface area contributed by atoms with E-state index in [1.54, 1.807) is 12.4 Å². The van der Waals surface area contributed by atoms with Gasteiger partial charge in [-0.3, -0.25) is 14.7 Å². The zero-order valence-electron chi connectivity index (χ0n) is 15.6. The summed E-state index contributed by atoms with van der Waals surface area (Å²) in [5.74, 6) is 0.0662. The standard InChI is InChI=1S/C21H27N3O2/c1-16-3-4-19(15-17(16)2)21(18-5-8-22-9-6-18)23-20(25)7-10-24-11-13-26-14-12-24/h3-6,8-9,15,21H,7,10-14H2,1-2H3,(H,23,25)/t21-/m1/s1. The van der Waals surface area contributed by atoms with Crippen molar-refractivity contribution >= 4 is 5.91 Å². The Labute approximate surface area is 155 Å². The third kappa shape index (κ3) is 4.90. The molecule has 5 nitrogen and oxygen atoms in total. The van der Waals surface area contributed by atoms with E-state index in [0.29, 0.717) is 6.42 Å². The van der Waals surface area contributed by atoms with Gasteiger partial charge in [0, 0.05) is 38.4 Å². The van der Waals surface area contributed by atoms with Crippen LogP contribution in [0.4, 0.5) is 0 Å². The van der Waals surface area contributed by atoms with Crippen molar-refractivity contribution in [2.45, 2.75) is 26.3 Å². The first-order chi connectivity index (χ1) is 12.6. The van der Waals surface area contributed by atoms with Crippen LogP contribution in [0.1, 0.15) is 34.7 Å². The number of ether oxygens (including phenoxy) is 1. The summed E-state index contributed by atoms with van der Waals surface area (Å²) in [6.07, 6.45) is 4.03. The highest BCUT2D eigenvalue weighted by atomic mass is 16.5. The second kappa shape index (κ2) is 8.92. The van der Waals surface area contributed by atoms with Gasteiger partial charge in [-0.2, -0.15) is 0 Å². The van der Waals surface area contributed by atoms with E-state index in [-0.39, 0.29) is 11.9 Å². The molecule has 26 heavy (non-hydrogen) atoms. The molecule has 0 spiro atoms. The zero-order chi connectivity index (χ0) is 18.4. The molecule has 1 atom stereocenters. The molecule has 0 bridgehead atoms. The number of aryl methyl sites for hydroxylation is 2. The van der Waals surface area contributed by atoms with Crippen LogP contribution in [0, 0.1) is 13.8 Å². The van der Waals surface area contributed by atoms with Crippen LogP contribution >= 0.6 is 0 Å². The van der Waals surface area contributed by atoms with Crippen molar-refractivity contribution in [3.63, 3.8) is 0 Å². The van der Waals surface area contributed by atoms with Gasteiger partial charge < -0.3 is 10.1 Å². The molecular weight excluding hydrogens is 326 g/mol. The topological polar surface area (TPSA) is 54.5 Å². The summed E-state index contributed by atoms with van der Waals surface area (Å²) >= 11 is 0. The normalized spacial score (nSPS) is 16.2. The van der Waals surface area contributed by atoms with E-state index in [0.717, 1.165) is 44.0 Å². The Bertz CT molecular complexity index is 727. The average molecular weight is 353 g/mol. The Morgan fingerprint density at radius 2 is 1.85 bits per heavy atom. The Morgan fingerprint density at radius 3 is 2.54 bits per heavy atom. The Balaban J connectivity index is 1.71. The van der Waals surface area contributed by atoms with E-state index in [4.69, 9.17) is 4.74 Å². The molecule has 1 fully saturated rings. The molecule has 1 aromatic carbocycles. The van der Waals surface area contributed by atoms with Crippen molar-refractivity contribution in [3.05, 3.63) is 65.0 Å². The third-order valence-corrected chi connectivity index (χ3v) is 4.97. The predicted octanol–water partition coefficient (Wildman–Crippen LogP) is 2.63. The first-order valence-electron chi connectivity index (χ1n) is 9.20. The highest BCUT2D eigenvalue weighted by molar-refractivity contribution is 5.77. The smallest absolute Gasteiger partial charge is 0.222 e. The van der Waals surface area contributed by atoms with Crippen LogP contribution in [0.2, 0.25) is 0 Å². The van der Waals surface area contributed by atoms with Crippen LogP contribution in [0.5, 0.6) is 0 Å². The van der Waals surface area contributed by atoms with Crippen LogP contribution in [-0.2, 0) is 9.53 Å². The summed E-state index contributed by atoms with van der Waals surface area (Å²) in [6, 6.07) is 10.1. The molecule has 3 rings (SSSR count). The van der Waals surface area contributed by atoms with Gasteiger partial charge in [-0.1, -0.05) is 18.2 Å². The van der Waals surface area contributed by atoms with Gasteiger partial charge in [-0.05, 0) is 48.2 Å². The monoisotopic (exact) mass is 353 g/mol. The Hall–Kier alpha value is -2.24. The van der Waals surface area contributed by atoms with Crippen LogP contribution in [0.15, 0.2) is 42.7 Å². The SMILES string of the molecule is Cc1ccc([C@H](NC(=O)CCN2CCOCC2)c2ccncc2)cc1C. The van der Waals surface area contributed by atoms with Gasteiger partial charge in [-0.15, -0.1) is 0 Å². The number of nitrogens with zero attached hydrogens (tertiary/aromatic N) is 2. The molecule has 0 radical (unpaired) electrons. The summed E-state index contributed by atoms with van der Waals surface area (Å²) in [4.78, 5) is 19.0. The Morgan fingerprint density at radius 1 is 1.12 bits per heavy atom. The number of pyridine rings is 1. The molecule has 0 unspecified atom stereocenters. The molecule has 2 aromatic rings. The van der Waals surface area contributed by atoms with E-state index >= 15 is 0 Å². The summed E-state index contributed by atoms with van der Waals surface area (Å²) < 4.78 is 5.36. The number of hydrogen-bond donors (Lipinski definition) is 1. The van der Waals surface area contributed by atoms with E-state index in [9.17, 15) is 4.79 Å². The fourth-order valence-electron chi connectivity index (χ4n) is 3.18. The van der Waals surface area contributed by atoms with Crippen LogP contribution in [-0.4, -0.2) is 48.6 Å². The first kappa shape index (κ1) is 18.5. The van der Waals surface area contributed by atoms with Crippen molar-refractivity contribution in [2.24, 2.45) is 0 Å². The minimum Gasteiger partial charge on any atom is -0.379 e. The van der Waals surface area contributed by atoms with Crippen LogP contribution < -0.4 is 5.32 Å². The number of rotatable bonds is 6. The largest absolute Gasteiger partial charge is 0.379 e. The minimum atomic E-state index is -0.158. The van der Waals surface area contributed by atoms with Crippen molar-refractivity contribution in [2.75, 3.05) is 32.8 Å². The molecular formula is C21H27N3O2. The number of benzene rings is 1. The zero-order valence-corrected chi connectivity index (χ0v) is 15.6. The average Bonchev–Trinajstić information content (AvgIpc) is 2.68. The predicted molar refractivity (Wildman–Crippen MR) is 102 cm³/mol. The summed E-state index contributed by atoms with van der Waals surface area (Å²) in [5, 5.41) is 3.21. The number of hydrogen-bond acceptors (Lipinski definition) is 4. The van der Waals surface area contributed by atoms with E-state index in [1.807, 2.05) is 12.1 Å². The summed E-state index contributed by atoms with van der Waals surface area (Å²) in [5.41, 5.74) is 4.62. The molecule has 0 aliphatic carbocycles. The highest BCUT2D eigenvalue weighted by Gasteiger charge is 2.18. The van der Waals surface area contributed by atoms with Crippen LogP contribution in [0.3, 0.4) is 0 Å². The minimum absolute atomic E-state index is 0.0662. The number of carbonyl (C=O) groups is 1. The van der Waals surface area contributed by atoms with Gasteiger partial charge in [0.15, 0.2) is 0 Å². The molecule has 1 aliphatic heterocycles. The van der Waals surface area contributed by atoms with Gasteiger partial charge in [-0.25, -0.2) is 0 Å². The highest BCUT2D eigenvalue weighted by Crippen LogP contribution is 2.24. The molecule has 0 saturated carbocycles. The Kier molecular flexibility index (Phi) is 6.36. The van der Waals surface area contributed by atoms with Crippen molar-refractivity contribution in [1.29, 1.82) is 0 Å². The summed E-state index contributed by atoms with van der Waals surface area (Å²) in [6.45, 7) is 8.28. The molecule has 1 aromatic heterocycles. The van der Waals surface area contributed by atoms with Gasteiger partial charge in [0.1, 0.15) is 0 Å². The second-order valence-electron chi connectivity index (χ2n) is 6.83. The number of aromatic nitrogens is 1. The lowest BCUT2D eigenvalue weighted by molar-refractivity contribution is -0.122. The molecule has 138 valence electrons. The first-order valence-corrected chi connectivity index (χ1v) is 9.20. The fourth-order valence-corrected chi connectivity index (χ4v) is 3.18. The van der Waals surface area contributed by atoms with Crippen molar-refractivity contribution < 1.29 is 9.53 Å². The summed E-state index contributed by atoms with van der Waals surface area (Å²) in [7, 11) is 0. The maximum absolute atomic E-state index is 12.6. The number of amides is 1. The molecule has 5 heteroatoms. The van der Waals surface area contributed by atoms with Crippen molar-refractivity contribution in [1.82, 2.24) is 15.2 Å². The fraction of sp³-hybridized carbons (Fsp3) is 0.429.